The number of rotatable bonds is 6. The SMILES string of the molecule is COc1ccccc1CNC(=O)CCN1C[C@@H](C)[C@@](C)(O)C1. The van der Waals surface area contributed by atoms with Gasteiger partial charge in [0.15, 0.2) is 0 Å². The molecule has 0 unspecified atom stereocenters. The molecule has 0 bridgehead atoms. The van der Waals surface area contributed by atoms with E-state index in [-0.39, 0.29) is 11.8 Å². The summed E-state index contributed by atoms with van der Waals surface area (Å²) in [6.07, 6.45) is 0.442. The summed E-state index contributed by atoms with van der Waals surface area (Å²) < 4.78 is 5.27. The molecule has 0 spiro atoms. The van der Waals surface area contributed by atoms with E-state index < -0.39 is 5.60 Å². The number of carbonyl (C=O) groups excluding carboxylic acids is 1. The van der Waals surface area contributed by atoms with Crippen LogP contribution in [0.3, 0.4) is 0 Å². The van der Waals surface area contributed by atoms with Crippen molar-refractivity contribution in [1.82, 2.24) is 10.2 Å². The number of nitrogens with one attached hydrogen (secondary N) is 1. The maximum atomic E-state index is 12.0. The first kappa shape index (κ1) is 16.8. The first-order chi connectivity index (χ1) is 10.4. The van der Waals surface area contributed by atoms with Crippen molar-refractivity contribution in [2.75, 3.05) is 26.7 Å². The zero-order valence-electron chi connectivity index (χ0n) is 13.6. The Hall–Kier alpha value is -1.59. The lowest BCUT2D eigenvalue weighted by Crippen LogP contribution is -2.34. The van der Waals surface area contributed by atoms with Crippen molar-refractivity contribution in [2.45, 2.75) is 32.4 Å². The van der Waals surface area contributed by atoms with E-state index in [9.17, 15) is 9.90 Å². The molecule has 1 amide bonds. The summed E-state index contributed by atoms with van der Waals surface area (Å²) in [5, 5.41) is 13.1. The first-order valence-corrected chi connectivity index (χ1v) is 7.75. The quantitative estimate of drug-likeness (QED) is 0.834. The van der Waals surface area contributed by atoms with Crippen molar-refractivity contribution < 1.29 is 14.6 Å². The molecule has 2 atom stereocenters. The number of aliphatic hydroxyl groups is 1. The number of nitrogens with zero attached hydrogens (tertiary/aromatic N) is 1. The number of β-amino-alcohol motifs (C(OH)–C–C–N with tert-alkyl or cyclic N) is 1. The van der Waals surface area contributed by atoms with Crippen LogP contribution >= 0.6 is 0 Å². The molecular formula is C17H26N2O3. The second-order valence-electron chi connectivity index (χ2n) is 6.33. The molecule has 0 radical (unpaired) electrons. The van der Waals surface area contributed by atoms with Gasteiger partial charge >= 0.3 is 0 Å². The molecule has 1 aliphatic rings. The molecular weight excluding hydrogens is 280 g/mol. The third kappa shape index (κ3) is 4.21. The van der Waals surface area contributed by atoms with E-state index in [2.05, 4.69) is 10.2 Å². The lowest BCUT2D eigenvalue weighted by molar-refractivity contribution is -0.121. The Morgan fingerprint density at radius 1 is 1.50 bits per heavy atom. The number of methoxy groups -OCH3 is 1. The molecule has 1 aromatic rings. The Bertz CT molecular complexity index is 516. The summed E-state index contributed by atoms with van der Waals surface area (Å²) in [6, 6.07) is 7.66. The van der Waals surface area contributed by atoms with Crippen LogP contribution in [0.4, 0.5) is 0 Å². The molecule has 0 saturated carbocycles. The number of hydrogen-bond acceptors (Lipinski definition) is 4. The molecule has 1 fully saturated rings. The van der Waals surface area contributed by atoms with E-state index in [1.54, 1.807) is 7.11 Å². The minimum Gasteiger partial charge on any atom is -0.496 e. The Balaban J connectivity index is 1.75. The zero-order valence-corrected chi connectivity index (χ0v) is 13.6. The van der Waals surface area contributed by atoms with Gasteiger partial charge in [0.1, 0.15) is 5.75 Å². The zero-order chi connectivity index (χ0) is 16.2. The molecule has 1 aromatic carbocycles. The van der Waals surface area contributed by atoms with Crippen LogP contribution in [0.25, 0.3) is 0 Å². The number of benzene rings is 1. The van der Waals surface area contributed by atoms with Gasteiger partial charge in [0.25, 0.3) is 0 Å². The minimum atomic E-state index is -0.645. The van der Waals surface area contributed by atoms with E-state index >= 15 is 0 Å². The van der Waals surface area contributed by atoms with Gasteiger partial charge in [0.05, 0.1) is 12.7 Å². The van der Waals surface area contributed by atoms with Gasteiger partial charge in [0, 0.05) is 38.2 Å². The summed E-state index contributed by atoms with van der Waals surface area (Å²) in [5.41, 5.74) is 0.324. The van der Waals surface area contributed by atoms with Crippen LogP contribution in [0.5, 0.6) is 5.75 Å². The fraction of sp³-hybridized carbons (Fsp3) is 0.588. The van der Waals surface area contributed by atoms with Gasteiger partial charge in [-0.15, -0.1) is 0 Å². The molecule has 1 aliphatic heterocycles. The van der Waals surface area contributed by atoms with Gasteiger partial charge in [-0.2, -0.15) is 0 Å². The van der Waals surface area contributed by atoms with E-state index in [1.807, 2.05) is 38.1 Å². The molecule has 2 N–H and O–H groups in total. The van der Waals surface area contributed by atoms with Crippen molar-refractivity contribution in [2.24, 2.45) is 5.92 Å². The number of ether oxygens (including phenoxy) is 1. The van der Waals surface area contributed by atoms with Crippen molar-refractivity contribution in [3.8, 4) is 5.75 Å². The van der Waals surface area contributed by atoms with Gasteiger partial charge in [-0.25, -0.2) is 0 Å². The van der Waals surface area contributed by atoms with Crippen LogP contribution in [0, 0.1) is 5.92 Å². The van der Waals surface area contributed by atoms with Gasteiger partial charge < -0.3 is 15.2 Å². The molecule has 2 rings (SSSR count). The molecule has 122 valence electrons. The van der Waals surface area contributed by atoms with Gasteiger partial charge in [-0.3, -0.25) is 9.69 Å². The van der Waals surface area contributed by atoms with Crippen molar-refractivity contribution in [3.63, 3.8) is 0 Å². The van der Waals surface area contributed by atoms with E-state index in [1.165, 1.54) is 0 Å². The second kappa shape index (κ2) is 7.11. The van der Waals surface area contributed by atoms with E-state index in [0.717, 1.165) is 17.9 Å². The number of hydrogen-bond donors (Lipinski definition) is 2. The van der Waals surface area contributed by atoms with E-state index in [4.69, 9.17) is 4.74 Å². The van der Waals surface area contributed by atoms with Crippen LogP contribution in [0.15, 0.2) is 24.3 Å². The van der Waals surface area contributed by atoms with Gasteiger partial charge in [-0.05, 0) is 18.9 Å². The van der Waals surface area contributed by atoms with Crippen LogP contribution in [-0.4, -0.2) is 48.3 Å². The highest BCUT2D eigenvalue weighted by Gasteiger charge is 2.38. The van der Waals surface area contributed by atoms with Crippen LogP contribution in [-0.2, 0) is 11.3 Å². The monoisotopic (exact) mass is 306 g/mol. The topological polar surface area (TPSA) is 61.8 Å². The highest BCUT2D eigenvalue weighted by Crippen LogP contribution is 2.26. The fourth-order valence-electron chi connectivity index (χ4n) is 2.82. The summed E-state index contributed by atoms with van der Waals surface area (Å²) in [4.78, 5) is 14.1. The third-order valence-corrected chi connectivity index (χ3v) is 4.46. The molecule has 5 heteroatoms. The number of carbonyl (C=O) groups is 1. The molecule has 1 saturated heterocycles. The summed E-state index contributed by atoms with van der Waals surface area (Å²) in [7, 11) is 1.63. The minimum absolute atomic E-state index is 0.0186. The van der Waals surface area contributed by atoms with Crippen molar-refractivity contribution >= 4 is 5.91 Å². The highest BCUT2D eigenvalue weighted by molar-refractivity contribution is 5.76. The summed E-state index contributed by atoms with van der Waals surface area (Å²) in [5.74, 6) is 1.04. The summed E-state index contributed by atoms with van der Waals surface area (Å²) in [6.45, 7) is 6.52. The Labute approximate surface area is 132 Å². The largest absolute Gasteiger partial charge is 0.496 e. The van der Waals surface area contributed by atoms with Crippen LogP contribution < -0.4 is 10.1 Å². The average Bonchev–Trinajstić information content (AvgIpc) is 2.76. The Morgan fingerprint density at radius 2 is 2.23 bits per heavy atom. The third-order valence-electron chi connectivity index (χ3n) is 4.46. The van der Waals surface area contributed by atoms with Crippen molar-refractivity contribution in [3.05, 3.63) is 29.8 Å². The van der Waals surface area contributed by atoms with Gasteiger partial charge in [-0.1, -0.05) is 25.1 Å². The number of likely N-dealkylation sites (tertiary alicyclic amines) is 1. The molecule has 0 aromatic heterocycles. The molecule has 1 heterocycles. The Kier molecular flexibility index (Phi) is 5.42. The van der Waals surface area contributed by atoms with Crippen molar-refractivity contribution in [1.29, 1.82) is 0 Å². The van der Waals surface area contributed by atoms with Gasteiger partial charge in [0.2, 0.25) is 5.91 Å². The predicted octanol–water partition coefficient (Wildman–Crippen LogP) is 1.40. The van der Waals surface area contributed by atoms with Crippen LogP contribution in [0.1, 0.15) is 25.8 Å². The molecule has 5 nitrogen and oxygen atoms in total. The predicted molar refractivity (Wildman–Crippen MR) is 85.7 cm³/mol. The normalized spacial score (nSPS) is 25.2. The highest BCUT2D eigenvalue weighted by atomic mass is 16.5. The maximum Gasteiger partial charge on any atom is 0.221 e. The van der Waals surface area contributed by atoms with E-state index in [0.29, 0.717) is 26.1 Å². The Morgan fingerprint density at radius 3 is 2.86 bits per heavy atom. The summed E-state index contributed by atoms with van der Waals surface area (Å²) >= 11 is 0. The lowest BCUT2D eigenvalue weighted by Gasteiger charge is -2.20. The molecule has 22 heavy (non-hydrogen) atoms. The maximum absolute atomic E-state index is 12.0. The number of para-hydroxylation sites is 1. The number of amides is 1. The first-order valence-electron chi connectivity index (χ1n) is 7.75. The molecule has 0 aliphatic carbocycles. The second-order valence-corrected chi connectivity index (χ2v) is 6.33. The standard InChI is InChI=1S/C17H26N2O3/c1-13-11-19(12-17(13,2)21)9-8-16(20)18-10-14-6-4-5-7-15(14)22-3/h4-7,13,21H,8-12H2,1-3H3,(H,18,20)/t13-,17+/m1/s1. The van der Waals surface area contributed by atoms with Crippen LogP contribution in [0.2, 0.25) is 0 Å². The average molecular weight is 306 g/mol. The smallest absolute Gasteiger partial charge is 0.221 e. The fourth-order valence-corrected chi connectivity index (χ4v) is 2.82. The lowest BCUT2D eigenvalue weighted by atomic mass is 9.95.